The van der Waals surface area contributed by atoms with E-state index in [1.807, 2.05) is 0 Å². The smallest absolute Gasteiger partial charge is 0.251 e. The molecule has 1 amide bonds. The SMILES string of the molecule is COc1cccc(C(=O)NCc2ccccc2S(=O)(=O)N2CCOCC2)c1. The summed E-state index contributed by atoms with van der Waals surface area (Å²) in [5.41, 5.74) is 0.989. The highest BCUT2D eigenvalue weighted by atomic mass is 32.2. The Morgan fingerprint density at radius 1 is 1.15 bits per heavy atom. The van der Waals surface area contributed by atoms with Gasteiger partial charge in [-0.3, -0.25) is 4.79 Å². The monoisotopic (exact) mass is 390 g/mol. The Kier molecular flexibility index (Phi) is 6.10. The summed E-state index contributed by atoms with van der Waals surface area (Å²) in [5, 5.41) is 2.78. The van der Waals surface area contributed by atoms with Gasteiger partial charge in [-0.25, -0.2) is 8.42 Å². The van der Waals surface area contributed by atoms with Crippen molar-refractivity contribution in [3.8, 4) is 5.75 Å². The molecule has 1 aliphatic heterocycles. The Balaban J connectivity index is 1.77. The van der Waals surface area contributed by atoms with Gasteiger partial charge in [0.25, 0.3) is 5.91 Å². The van der Waals surface area contributed by atoms with Crippen molar-refractivity contribution < 1.29 is 22.7 Å². The van der Waals surface area contributed by atoms with Gasteiger partial charge in [-0.05, 0) is 29.8 Å². The van der Waals surface area contributed by atoms with Gasteiger partial charge in [-0.15, -0.1) is 0 Å². The van der Waals surface area contributed by atoms with E-state index in [0.717, 1.165) is 0 Å². The third kappa shape index (κ3) is 4.47. The number of rotatable bonds is 6. The third-order valence-electron chi connectivity index (χ3n) is 4.33. The highest BCUT2D eigenvalue weighted by Gasteiger charge is 2.28. The van der Waals surface area contributed by atoms with Gasteiger partial charge in [0, 0.05) is 25.2 Å². The molecule has 3 rings (SSSR count). The molecule has 0 radical (unpaired) electrons. The van der Waals surface area contributed by atoms with E-state index in [1.165, 1.54) is 11.4 Å². The number of amides is 1. The van der Waals surface area contributed by atoms with Crippen molar-refractivity contribution >= 4 is 15.9 Å². The van der Waals surface area contributed by atoms with Crippen molar-refractivity contribution in [1.29, 1.82) is 0 Å². The number of methoxy groups -OCH3 is 1. The molecule has 2 aromatic rings. The van der Waals surface area contributed by atoms with E-state index >= 15 is 0 Å². The second kappa shape index (κ2) is 8.51. The van der Waals surface area contributed by atoms with E-state index in [-0.39, 0.29) is 17.3 Å². The first-order chi connectivity index (χ1) is 13.0. The molecule has 0 unspecified atom stereocenters. The average molecular weight is 390 g/mol. The van der Waals surface area contributed by atoms with Crippen LogP contribution in [0.5, 0.6) is 5.75 Å². The first-order valence-electron chi connectivity index (χ1n) is 8.60. The van der Waals surface area contributed by atoms with Crippen LogP contribution in [0, 0.1) is 0 Å². The molecule has 1 N–H and O–H groups in total. The van der Waals surface area contributed by atoms with Gasteiger partial charge in [0.05, 0.1) is 25.2 Å². The molecule has 1 saturated heterocycles. The molecule has 27 heavy (non-hydrogen) atoms. The van der Waals surface area contributed by atoms with Crippen molar-refractivity contribution in [3.05, 3.63) is 59.7 Å². The second-order valence-corrected chi connectivity index (χ2v) is 7.95. The lowest BCUT2D eigenvalue weighted by Gasteiger charge is -2.27. The summed E-state index contributed by atoms with van der Waals surface area (Å²) in [6, 6.07) is 13.5. The predicted octanol–water partition coefficient (Wildman–Crippen LogP) is 1.65. The zero-order valence-electron chi connectivity index (χ0n) is 15.1. The molecular weight excluding hydrogens is 368 g/mol. The van der Waals surface area contributed by atoms with Crippen LogP contribution in [0.4, 0.5) is 0 Å². The average Bonchev–Trinajstić information content (AvgIpc) is 2.73. The molecule has 8 heteroatoms. The first kappa shape index (κ1) is 19.3. The molecule has 1 fully saturated rings. The molecule has 0 saturated carbocycles. The summed E-state index contributed by atoms with van der Waals surface area (Å²) in [7, 11) is -2.10. The van der Waals surface area contributed by atoms with Gasteiger partial charge >= 0.3 is 0 Å². The molecule has 0 aliphatic carbocycles. The van der Waals surface area contributed by atoms with Crippen molar-refractivity contribution in [2.24, 2.45) is 0 Å². The minimum Gasteiger partial charge on any atom is -0.497 e. The van der Waals surface area contributed by atoms with Crippen LogP contribution in [0.2, 0.25) is 0 Å². The molecule has 0 atom stereocenters. The maximum Gasteiger partial charge on any atom is 0.251 e. The van der Waals surface area contributed by atoms with E-state index in [1.54, 1.807) is 48.5 Å². The summed E-state index contributed by atoms with van der Waals surface area (Å²) in [4.78, 5) is 12.6. The maximum atomic E-state index is 12.9. The van der Waals surface area contributed by atoms with Crippen molar-refractivity contribution in [1.82, 2.24) is 9.62 Å². The third-order valence-corrected chi connectivity index (χ3v) is 6.33. The molecule has 7 nitrogen and oxygen atoms in total. The van der Waals surface area contributed by atoms with Crippen LogP contribution >= 0.6 is 0 Å². The van der Waals surface area contributed by atoms with E-state index in [4.69, 9.17) is 9.47 Å². The van der Waals surface area contributed by atoms with Crippen LogP contribution in [-0.2, 0) is 21.3 Å². The van der Waals surface area contributed by atoms with E-state index in [9.17, 15) is 13.2 Å². The fourth-order valence-electron chi connectivity index (χ4n) is 2.87. The van der Waals surface area contributed by atoms with Gasteiger partial charge in [0.2, 0.25) is 10.0 Å². The van der Waals surface area contributed by atoms with E-state index in [0.29, 0.717) is 43.2 Å². The van der Waals surface area contributed by atoms with E-state index in [2.05, 4.69) is 5.32 Å². The lowest BCUT2D eigenvalue weighted by atomic mass is 10.2. The van der Waals surface area contributed by atoms with Gasteiger partial charge in [0.15, 0.2) is 0 Å². The number of nitrogens with zero attached hydrogens (tertiary/aromatic N) is 1. The highest BCUT2D eigenvalue weighted by Crippen LogP contribution is 2.21. The van der Waals surface area contributed by atoms with Gasteiger partial charge < -0.3 is 14.8 Å². The molecule has 144 valence electrons. The molecule has 2 aromatic carbocycles. The normalized spacial score (nSPS) is 15.3. The number of hydrogen-bond acceptors (Lipinski definition) is 5. The van der Waals surface area contributed by atoms with Crippen LogP contribution < -0.4 is 10.1 Å². The van der Waals surface area contributed by atoms with Gasteiger partial charge in [-0.2, -0.15) is 4.31 Å². The number of carbonyl (C=O) groups is 1. The minimum absolute atomic E-state index is 0.107. The van der Waals surface area contributed by atoms with Gasteiger partial charge in [0.1, 0.15) is 5.75 Å². The number of nitrogens with one attached hydrogen (secondary N) is 1. The summed E-state index contributed by atoms with van der Waals surface area (Å²) in [6.07, 6.45) is 0. The minimum atomic E-state index is -3.63. The molecule has 1 heterocycles. The Bertz CT molecular complexity index is 908. The van der Waals surface area contributed by atoms with Crippen LogP contribution in [0.3, 0.4) is 0 Å². The molecular formula is C19H22N2O5S. The van der Waals surface area contributed by atoms with Gasteiger partial charge in [-0.1, -0.05) is 24.3 Å². The number of hydrogen-bond donors (Lipinski definition) is 1. The Labute approximate surface area is 158 Å². The quantitative estimate of drug-likeness (QED) is 0.811. The molecule has 0 aromatic heterocycles. The fourth-order valence-corrected chi connectivity index (χ4v) is 4.50. The molecule has 0 bridgehead atoms. The summed E-state index contributed by atoms with van der Waals surface area (Å²) < 4.78 is 37.7. The van der Waals surface area contributed by atoms with E-state index < -0.39 is 10.0 Å². The summed E-state index contributed by atoms with van der Waals surface area (Å²) in [5.74, 6) is 0.283. The Morgan fingerprint density at radius 2 is 1.89 bits per heavy atom. The lowest BCUT2D eigenvalue weighted by molar-refractivity contribution is 0.0730. The second-order valence-electron chi connectivity index (χ2n) is 6.04. The first-order valence-corrected chi connectivity index (χ1v) is 10.0. The van der Waals surface area contributed by atoms with Crippen molar-refractivity contribution in [2.45, 2.75) is 11.4 Å². The zero-order chi connectivity index (χ0) is 19.3. The zero-order valence-corrected chi connectivity index (χ0v) is 15.9. The highest BCUT2D eigenvalue weighted by molar-refractivity contribution is 7.89. The summed E-state index contributed by atoms with van der Waals surface area (Å²) in [6.45, 7) is 1.53. The Morgan fingerprint density at radius 3 is 2.63 bits per heavy atom. The maximum absolute atomic E-state index is 12.9. The Hall–Kier alpha value is -2.42. The standard InChI is InChI=1S/C19H22N2O5S/c1-25-17-7-4-6-15(13-17)19(22)20-14-16-5-2-3-8-18(16)27(23,24)21-9-11-26-12-10-21/h2-8,13H,9-12,14H2,1H3,(H,20,22). The van der Waals surface area contributed by atoms with Crippen molar-refractivity contribution in [3.63, 3.8) is 0 Å². The van der Waals surface area contributed by atoms with Crippen molar-refractivity contribution in [2.75, 3.05) is 33.4 Å². The van der Waals surface area contributed by atoms with Crippen LogP contribution in [0.1, 0.15) is 15.9 Å². The number of carbonyl (C=O) groups excluding carboxylic acids is 1. The number of ether oxygens (including phenoxy) is 2. The number of benzene rings is 2. The molecule has 0 spiro atoms. The number of sulfonamides is 1. The topological polar surface area (TPSA) is 84.9 Å². The largest absolute Gasteiger partial charge is 0.497 e. The summed E-state index contributed by atoms with van der Waals surface area (Å²) >= 11 is 0. The van der Waals surface area contributed by atoms with Crippen LogP contribution in [-0.4, -0.2) is 52.0 Å². The molecule has 1 aliphatic rings. The lowest BCUT2D eigenvalue weighted by Crippen LogP contribution is -2.41. The van der Waals surface area contributed by atoms with Crippen LogP contribution in [0.15, 0.2) is 53.4 Å². The number of morpholine rings is 1. The predicted molar refractivity (Wildman–Crippen MR) is 100 cm³/mol. The fraction of sp³-hybridized carbons (Fsp3) is 0.316. The van der Waals surface area contributed by atoms with Crippen LogP contribution in [0.25, 0.3) is 0 Å².